The van der Waals surface area contributed by atoms with Crippen LogP contribution in [0.5, 0.6) is 17.2 Å². The summed E-state index contributed by atoms with van der Waals surface area (Å²) in [7, 11) is 4.47. The molecule has 0 bridgehead atoms. The van der Waals surface area contributed by atoms with Gasteiger partial charge in [-0.1, -0.05) is 5.16 Å². The van der Waals surface area contributed by atoms with Crippen LogP contribution >= 0.6 is 0 Å². The van der Waals surface area contributed by atoms with Gasteiger partial charge < -0.3 is 29.8 Å². The van der Waals surface area contributed by atoms with E-state index in [1.807, 2.05) is 0 Å². The number of benzene rings is 1. The van der Waals surface area contributed by atoms with E-state index in [1.54, 1.807) is 36.7 Å². The number of nitrogens with one attached hydrogen (secondary N) is 1. The summed E-state index contributed by atoms with van der Waals surface area (Å²) in [4.78, 5) is 16.8. The highest BCUT2D eigenvalue weighted by molar-refractivity contribution is 6.11. The number of anilines is 2. The third-order valence-electron chi connectivity index (χ3n) is 3.82. The molecular weight excluding hydrogens is 352 g/mol. The molecule has 1 aromatic carbocycles. The van der Waals surface area contributed by atoms with Crippen molar-refractivity contribution < 1.29 is 23.5 Å². The third kappa shape index (κ3) is 3.47. The van der Waals surface area contributed by atoms with Crippen LogP contribution in [-0.2, 0) is 0 Å². The fraction of sp³-hybridized carbons (Fsp3) is 0.167. The van der Waals surface area contributed by atoms with Gasteiger partial charge in [0.25, 0.3) is 5.91 Å². The lowest BCUT2D eigenvalue weighted by Gasteiger charge is -2.14. The molecule has 0 spiro atoms. The quantitative estimate of drug-likeness (QED) is 0.679. The number of methoxy groups -OCH3 is 3. The Kier molecular flexibility index (Phi) is 5.11. The van der Waals surface area contributed by atoms with Crippen LogP contribution < -0.4 is 25.3 Å². The van der Waals surface area contributed by atoms with Gasteiger partial charge in [0.05, 0.1) is 21.3 Å². The number of hydrogen-bond donors (Lipinski definition) is 2. The first-order chi connectivity index (χ1) is 13.1. The van der Waals surface area contributed by atoms with Crippen molar-refractivity contribution in [1.29, 1.82) is 0 Å². The van der Waals surface area contributed by atoms with Crippen LogP contribution in [0, 0.1) is 0 Å². The summed E-state index contributed by atoms with van der Waals surface area (Å²) < 4.78 is 20.9. The predicted octanol–water partition coefficient (Wildman–Crippen LogP) is 2.60. The first-order valence-electron chi connectivity index (χ1n) is 7.86. The van der Waals surface area contributed by atoms with Crippen molar-refractivity contribution >= 4 is 17.5 Å². The summed E-state index contributed by atoms with van der Waals surface area (Å²) in [6.45, 7) is 0. The molecule has 140 valence electrons. The van der Waals surface area contributed by atoms with E-state index in [0.29, 0.717) is 34.2 Å². The van der Waals surface area contributed by atoms with E-state index >= 15 is 0 Å². The van der Waals surface area contributed by atoms with Crippen LogP contribution in [0.3, 0.4) is 0 Å². The lowest BCUT2D eigenvalue weighted by atomic mass is 10.1. The lowest BCUT2D eigenvalue weighted by Crippen LogP contribution is -2.14. The van der Waals surface area contributed by atoms with E-state index < -0.39 is 5.91 Å². The first kappa shape index (κ1) is 18.1. The first-order valence-corrected chi connectivity index (χ1v) is 7.86. The van der Waals surface area contributed by atoms with Gasteiger partial charge in [0.2, 0.25) is 11.6 Å². The highest BCUT2D eigenvalue weighted by Crippen LogP contribution is 2.40. The van der Waals surface area contributed by atoms with Crippen molar-refractivity contribution in [2.24, 2.45) is 0 Å². The van der Waals surface area contributed by atoms with Gasteiger partial charge in [-0.15, -0.1) is 0 Å². The van der Waals surface area contributed by atoms with Crippen LogP contribution in [0.1, 0.15) is 10.4 Å². The molecule has 0 saturated heterocycles. The summed E-state index contributed by atoms with van der Waals surface area (Å²) in [6, 6.07) is 6.62. The minimum Gasteiger partial charge on any atom is -0.493 e. The van der Waals surface area contributed by atoms with Crippen LogP contribution in [0.15, 0.2) is 41.2 Å². The SMILES string of the molecule is COc1cc(NC(=O)c2c(-c3ccncc3)noc2N)cc(OC)c1OC. The van der Waals surface area contributed by atoms with E-state index in [-0.39, 0.29) is 11.4 Å². The molecule has 0 unspecified atom stereocenters. The number of aromatic nitrogens is 2. The molecule has 9 nitrogen and oxygen atoms in total. The molecule has 0 aliphatic carbocycles. The number of hydrogen-bond acceptors (Lipinski definition) is 8. The van der Waals surface area contributed by atoms with E-state index in [0.717, 1.165) is 0 Å². The summed E-state index contributed by atoms with van der Waals surface area (Å²) in [5, 5.41) is 6.63. The van der Waals surface area contributed by atoms with Crippen molar-refractivity contribution in [3.63, 3.8) is 0 Å². The molecule has 0 aliphatic rings. The van der Waals surface area contributed by atoms with Gasteiger partial charge in [-0.05, 0) is 12.1 Å². The Morgan fingerprint density at radius 2 is 1.70 bits per heavy atom. The zero-order chi connectivity index (χ0) is 19.4. The number of nitrogen functional groups attached to an aromatic ring is 1. The van der Waals surface area contributed by atoms with E-state index in [4.69, 9.17) is 24.5 Å². The Morgan fingerprint density at radius 3 is 2.26 bits per heavy atom. The second kappa shape index (κ2) is 7.65. The normalized spacial score (nSPS) is 10.3. The van der Waals surface area contributed by atoms with E-state index in [9.17, 15) is 4.79 Å². The average Bonchev–Trinajstić information content (AvgIpc) is 3.09. The molecule has 9 heteroatoms. The molecule has 1 amide bonds. The molecule has 0 aliphatic heterocycles. The molecule has 0 radical (unpaired) electrons. The largest absolute Gasteiger partial charge is 0.493 e. The molecule has 3 aromatic rings. The van der Waals surface area contributed by atoms with Crippen LogP contribution in [-0.4, -0.2) is 37.4 Å². The van der Waals surface area contributed by atoms with Gasteiger partial charge in [-0.3, -0.25) is 9.78 Å². The zero-order valence-electron chi connectivity index (χ0n) is 15.0. The van der Waals surface area contributed by atoms with Gasteiger partial charge in [-0.25, -0.2) is 0 Å². The third-order valence-corrected chi connectivity index (χ3v) is 3.82. The fourth-order valence-electron chi connectivity index (χ4n) is 2.58. The number of carbonyl (C=O) groups is 1. The molecule has 0 saturated carbocycles. The summed E-state index contributed by atoms with van der Waals surface area (Å²) in [6.07, 6.45) is 3.17. The maximum absolute atomic E-state index is 12.8. The van der Waals surface area contributed by atoms with Crippen LogP contribution in [0.25, 0.3) is 11.3 Å². The highest BCUT2D eigenvalue weighted by atomic mass is 16.5. The van der Waals surface area contributed by atoms with E-state index in [2.05, 4.69) is 15.5 Å². The second-order valence-corrected chi connectivity index (χ2v) is 5.37. The Labute approximate surface area is 155 Å². The van der Waals surface area contributed by atoms with Crippen LogP contribution in [0.2, 0.25) is 0 Å². The summed E-state index contributed by atoms with van der Waals surface area (Å²) in [5.41, 5.74) is 7.34. The van der Waals surface area contributed by atoms with Gasteiger partial charge >= 0.3 is 0 Å². The number of ether oxygens (including phenoxy) is 3. The van der Waals surface area contributed by atoms with Crippen molar-refractivity contribution in [2.45, 2.75) is 0 Å². The zero-order valence-corrected chi connectivity index (χ0v) is 15.0. The van der Waals surface area contributed by atoms with Gasteiger partial charge in [-0.2, -0.15) is 0 Å². The van der Waals surface area contributed by atoms with Crippen LogP contribution in [0.4, 0.5) is 11.6 Å². The minimum atomic E-state index is -0.491. The van der Waals surface area contributed by atoms with Gasteiger partial charge in [0.15, 0.2) is 11.5 Å². The maximum atomic E-state index is 12.8. The highest BCUT2D eigenvalue weighted by Gasteiger charge is 2.23. The molecule has 0 fully saturated rings. The maximum Gasteiger partial charge on any atom is 0.263 e. The topological polar surface area (TPSA) is 122 Å². The Bertz CT molecular complexity index is 931. The summed E-state index contributed by atoms with van der Waals surface area (Å²) >= 11 is 0. The van der Waals surface area contributed by atoms with Gasteiger partial charge in [0.1, 0.15) is 11.3 Å². The molecule has 3 rings (SSSR count). The molecule has 27 heavy (non-hydrogen) atoms. The smallest absolute Gasteiger partial charge is 0.263 e. The minimum absolute atomic E-state index is 0.0910. The number of nitrogens with two attached hydrogens (primary N) is 1. The Balaban J connectivity index is 1.96. The lowest BCUT2D eigenvalue weighted by molar-refractivity contribution is 0.102. The average molecular weight is 370 g/mol. The molecule has 3 N–H and O–H groups in total. The van der Waals surface area contributed by atoms with Crippen molar-refractivity contribution in [1.82, 2.24) is 10.1 Å². The molecule has 2 heterocycles. The van der Waals surface area contributed by atoms with E-state index in [1.165, 1.54) is 21.3 Å². The fourth-order valence-corrected chi connectivity index (χ4v) is 2.58. The molecular formula is C18H18N4O5. The Morgan fingerprint density at radius 1 is 1.07 bits per heavy atom. The number of carbonyl (C=O) groups excluding carboxylic acids is 1. The number of rotatable bonds is 6. The second-order valence-electron chi connectivity index (χ2n) is 5.37. The van der Waals surface area contributed by atoms with Gasteiger partial charge in [0, 0.05) is 35.8 Å². The van der Waals surface area contributed by atoms with Crippen molar-refractivity contribution in [2.75, 3.05) is 32.4 Å². The van der Waals surface area contributed by atoms with Crippen molar-refractivity contribution in [3.05, 3.63) is 42.2 Å². The summed E-state index contributed by atoms with van der Waals surface area (Å²) in [5.74, 6) is 0.640. The Hall–Kier alpha value is -3.75. The standard InChI is InChI=1S/C18H18N4O5/c1-24-12-8-11(9-13(25-2)16(12)26-3)21-18(23)14-15(22-27-17(14)19)10-4-6-20-7-5-10/h4-9H,19H2,1-3H3,(H,21,23). The number of nitrogens with zero attached hydrogens (tertiary/aromatic N) is 2. The van der Waals surface area contributed by atoms with Crippen molar-refractivity contribution in [3.8, 4) is 28.5 Å². The number of amides is 1. The predicted molar refractivity (Wildman–Crippen MR) is 98.2 cm³/mol. The molecule has 2 aromatic heterocycles. The number of pyridine rings is 1. The monoisotopic (exact) mass is 370 g/mol. The molecule has 0 atom stereocenters.